The first-order valence-electron chi connectivity index (χ1n) is 6.42. The Balaban J connectivity index is 4.07. The first-order valence-corrected chi connectivity index (χ1v) is 6.42. The summed E-state index contributed by atoms with van der Waals surface area (Å²) in [5.74, 6) is 1.51. The van der Waals surface area contributed by atoms with Crippen LogP contribution in [0.4, 0.5) is 0 Å². The number of rotatable bonds is 8. The molecule has 0 saturated heterocycles. The third-order valence-electron chi connectivity index (χ3n) is 2.51. The number of likely N-dealkylation sites (N-methyl/N-ethyl adjacent to an activating group) is 1. The van der Waals surface area contributed by atoms with Gasteiger partial charge in [-0.05, 0) is 25.3 Å². The lowest BCUT2D eigenvalue weighted by atomic mass is 10.1. The highest BCUT2D eigenvalue weighted by Crippen LogP contribution is 2.07. The highest BCUT2D eigenvalue weighted by atomic mass is 15.2. The van der Waals surface area contributed by atoms with Gasteiger partial charge in [0.25, 0.3) is 0 Å². The highest BCUT2D eigenvalue weighted by molar-refractivity contribution is 4.71. The van der Waals surface area contributed by atoms with E-state index < -0.39 is 0 Å². The molecular weight excluding hydrogens is 184 g/mol. The van der Waals surface area contributed by atoms with Crippen LogP contribution in [0.15, 0.2) is 0 Å². The normalized spacial score (nSPS) is 14.2. The lowest BCUT2D eigenvalue weighted by molar-refractivity contribution is 0.164. The van der Waals surface area contributed by atoms with Gasteiger partial charge in [-0.1, -0.05) is 34.6 Å². The van der Waals surface area contributed by atoms with E-state index in [0.29, 0.717) is 6.04 Å². The van der Waals surface area contributed by atoms with Crippen LogP contribution < -0.4 is 5.32 Å². The fourth-order valence-corrected chi connectivity index (χ4v) is 1.85. The van der Waals surface area contributed by atoms with Crippen molar-refractivity contribution in [1.82, 2.24) is 10.2 Å². The Bertz CT molecular complexity index is 133. The number of hydrogen-bond donors (Lipinski definition) is 1. The molecule has 0 saturated carbocycles. The van der Waals surface area contributed by atoms with E-state index in [0.717, 1.165) is 24.9 Å². The van der Waals surface area contributed by atoms with E-state index in [-0.39, 0.29) is 0 Å². The maximum atomic E-state index is 3.43. The standard InChI is InChI=1S/C13H30N2/c1-7-14-8-13(6)15(9-11(2)3)10-12(4)5/h11-14H,7-10H2,1-6H3. The fraction of sp³-hybridized carbons (Fsp3) is 1.00. The van der Waals surface area contributed by atoms with Gasteiger partial charge in [0, 0.05) is 25.7 Å². The molecule has 15 heavy (non-hydrogen) atoms. The molecule has 0 rings (SSSR count). The van der Waals surface area contributed by atoms with E-state index in [1.54, 1.807) is 0 Å². The van der Waals surface area contributed by atoms with Crippen molar-refractivity contribution in [3.8, 4) is 0 Å². The molecule has 0 aromatic carbocycles. The van der Waals surface area contributed by atoms with E-state index in [2.05, 4.69) is 51.8 Å². The van der Waals surface area contributed by atoms with Crippen LogP contribution >= 0.6 is 0 Å². The number of nitrogens with one attached hydrogen (secondary N) is 1. The summed E-state index contributed by atoms with van der Waals surface area (Å²) in [6, 6.07) is 0.648. The number of hydrogen-bond acceptors (Lipinski definition) is 2. The zero-order valence-electron chi connectivity index (χ0n) is 11.5. The van der Waals surface area contributed by atoms with Gasteiger partial charge < -0.3 is 5.32 Å². The average molecular weight is 214 g/mol. The Labute approximate surface area is 96.4 Å². The molecule has 0 radical (unpaired) electrons. The molecule has 0 aliphatic carbocycles. The van der Waals surface area contributed by atoms with Crippen LogP contribution in [0.5, 0.6) is 0 Å². The van der Waals surface area contributed by atoms with Crippen molar-refractivity contribution in [2.75, 3.05) is 26.2 Å². The van der Waals surface area contributed by atoms with Gasteiger partial charge in [-0.25, -0.2) is 0 Å². The molecule has 1 atom stereocenters. The van der Waals surface area contributed by atoms with E-state index >= 15 is 0 Å². The molecule has 0 heterocycles. The van der Waals surface area contributed by atoms with Gasteiger partial charge in [-0.15, -0.1) is 0 Å². The summed E-state index contributed by atoms with van der Waals surface area (Å²) in [7, 11) is 0. The van der Waals surface area contributed by atoms with Gasteiger partial charge in [0.15, 0.2) is 0 Å². The fourth-order valence-electron chi connectivity index (χ4n) is 1.85. The molecule has 0 aliphatic heterocycles. The summed E-state index contributed by atoms with van der Waals surface area (Å²) in [6.45, 7) is 18.3. The van der Waals surface area contributed by atoms with Gasteiger partial charge in [-0.2, -0.15) is 0 Å². The predicted molar refractivity (Wildman–Crippen MR) is 69.3 cm³/mol. The van der Waals surface area contributed by atoms with Crippen LogP contribution in [0.3, 0.4) is 0 Å². The molecule has 0 fully saturated rings. The molecule has 2 heteroatoms. The summed E-state index contributed by atoms with van der Waals surface area (Å²) in [4.78, 5) is 2.61. The third kappa shape index (κ3) is 7.80. The average Bonchev–Trinajstić information content (AvgIpc) is 2.11. The summed E-state index contributed by atoms with van der Waals surface area (Å²) < 4.78 is 0. The van der Waals surface area contributed by atoms with Crippen LogP contribution in [0.1, 0.15) is 41.5 Å². The van der Waals surface area contributed by atoms with Crippen LogP contribution in [0.2, 0.25) is 0 Å². The van der Waals surface area contributed by atoms with Crippen molar-refractivity contribution in [3.63, 3.8) is 0 Å². The first kappa shape index (κ1) is 14.9. The maximum Gasteiger partial charge on any atom is 0.0192 e. The molecule has 0 aliphatic rings. The zero-order valence-corrected chi connectivity index (χ0v) is 11.5. The minimum absolute atomic E-state index is 0.648. The van der Waals surface area contributed by atoms with Gasteiger partial charge >= 0.3 is 0 Å². The van der Waals surface area contributed by atoms with Gasteiger partial charge in [0.2, 0.25) is 0 Å². The van der Waals surface area contributed by atoms with Crippen LogP contribution in [-0.4, -0.2) is 37.1 Å². The predicted octanol–water partition coefficient (Wildman–Crippen LogP) is 2.60. The smallest absolute Gasteiger partial charge is 0.0192 e. The summed E-state index contributed by atoms with van der Waals surface area (Å²) in [6.07, 6.45) is 0. The van der Waals surface area contributed by atoms with Crippen molar-refractivity contribution in [2.45, 2.75) is 47.6 Å². The second kappa shape index (κ2) is 8.12. The highest BCUT2D eigenvalue weighted by Gasteiger charge is 2.15. The quantitative estimate of drug-likeness (QED) is 0.668. The molecule has 2 nitrogen and oxygen atoms in total. The molecule has 0 amide bonds. The molecule has 0 bridgehead atoms. The topological polar surface area (TPSA) is 15.3 Å². The number of nitrogens with zero attached hydrogens (tertiary/aromatic N) is 1. The Kier molecular flexibility index (Phi) is 8.07. The second-order valence-electron chi connectivity index (χ2n) is 5.40. The van der Waals surface area contributed by atoms with Crippen LogP contribution in [-0.2, 0) is 0 Å². The minimum atomic E-state index is 0.648. The second-order valence-corrected chi connectivity index (χ2v) is 5.40. The summed E-state index contributed by atoms with van der Waals surface area (Å²) in [5, 5.41) is 3.43. The lowest BCUT2D eigenvalue weighted by Crippen LogP contribution is -2.43. The largest absolute Gasteiger partial charge is 0.315 e. The van der Waals surface area contributed by atoms with E-state index in [1.807, 2.05) is 0 Å². The Hall–Kier alpha value is -0.0800. The van der Waals surface area contributed by atoms with Gasteiger partial charge in [-0.3, -0.25) is 4.90 Å². The van der Waals surface area contributed by atoms with Crippen molar-refractivity contribution < 1.29 is 0 Å². The Morgan fingerprint density at radius 3 is 1.73 bits per heavy atom. The minimum Gasteiger partial charge on any atom is -0.315 e. The molecule has 0 aromatic rings. The lowest BCUT2D eigenvalue weighted by Gasteiger charge is -2.32. The first-order chi connectivity index (χ1) is 6.97. The van der Waals surface area contributed by atoms with Crippen LogP contribution in [0.25, 0.3) is 0 Å². The van der Waals surface area contributed by atoms with E-state index in [4.69, 9.17) is 0 Å². The Morgan fingerprint density at radius 2 is 1.40 bits per heavy atom. The van der Waals surface area contributed by atoms with Crippen molar-refractivity contribution >= 4 is 0 Å². The Morgan fingerprint density at radius 1 is 0.933 bits per heavy atom. The van der Waals surface area contributed by atoms with E-state index in [9.17, 15) is 0 Å². The van der Waals surface area contributed by atoms with E-state index in [1.165, 1.54) is 13.1 Å². The van der Waals surface area contributed by atoms with Gasteiger partial charge in [0.05, 0.1) is 0 Å². The van der Waals surface area contributed by atoms with Crippen molar-refractivity contribution in [3.05, 3.63) is 0 Å². The summed E-state index contributed by atoms with van der Waals surface area (Å²) >= 11 is 0. The molecule has 92 valence electrons. The molecular formula is C13H30N2. The monoisotopic (exact) mass is 214 g/mol. The van der Waals surface area contributed by atoms with Crippen molar-refractivity contribution in [1.29, 1.82) is 0 Å². The molecule has 1 unspecified atom stereocenters. The van der Waals surface area contributed by atoms with Crippen LogP contribution in [0, 0.1) is 11.8 Å². The third-order valence-corrected chi connectivity index (χ3v) is 2.51. The summed E-state index contributed by atoms with van der Waals surface area (Å²) in [5.41, 5.74) is 0. The molecule has 1 N–H and O–H groups in total. The van der Waals surface area contributed by atoms with Crippen molar-refractivity contribution in [2.24, 2.45) is 11.8 Å². The SMILES string of the molecule is CCNCC(C)N(CC(C)C)CC(C)C. The van der Waals surface area contributed by atoms with Gasteiger partial charge in [0.1, 0.15) is 0 Å². The maximum absolute atomic E-state index is 3.43. The molecule has 0 aromatic heterocycles. The zero-order chi connectivity index (χ0) is 11.8. The molecule has 0 spiro atoms.